The van der Waals surface area contributed by atoms with Crippen LogP contribution in [0, 0.1) is 13.8 Å². The van der Waals surface area contributed by atoms with Crippen LogP contribution in [0.25, 0.3) is 110 Å². The Balaban J connectivity index is 1.08. The topological polar surface area (TPSA) is 84.8 Å². The van der Waals surface area contributed by atoms with Crippen LogP contribution in [0.2, 0.25) is 0 Å². The highest BCUT2D eigenvalue weighted by atomic mass is 16.3. The predicted molar refractivity (Wildman–Crippen MR) is 364 cm³/mol. The molecule has 0 saturated heterocycles. The lowest BCUT2D eigenvalue weighted by molar-refractivity contribution is 0.590. The van der Waals surface area contributed by atoms with E-state index in [0.717, 1.165) is 178 Å². The number of furan rings is 4. The van der Waals surface area contributed by atoms with Crippen molar-refractivity contribution in [3.05, 3.63) is 263 Å². The fourth-order valence-electron chi connectivity index (χ4n) is 15.1. The summed E-state index contributed by atoms with van der Waals surface area (Å²) in [6, 6.07) is 74.7. The molecule has 6 aromatic heterocycles. The van der Waals surface area contributed by atoms with Crippen molar-refractivity contribution in [2.45, 2.75) is 71.6 Å². The standard InChI is InChI=1S/C81H60N4O4/c1-45-25-39-67(82-43-45)84(49-31-27-47(28-32-49)79(3,4)5)59-41-57-75(71-53-19-11-15-23-63(53)88-77(59)71)76-58(42-60(78-72(76)54-20-12-16-24-64(54)89-78)85(68-40-26-46(2)44-83-68)50-33-29-48(30-34-50)80(6,7)8)81(57)55-35-37-65-69(51-17-9-13-21-61(51)86-65)73(55)74-56(81)36-38-66-70(74)52-18-10-14-22-62(52)87-66/h9-44H,1-8H3. The molecule has 0 unspecified atom stereocenters. The molecule has 1 spiro atoms. The number of aromatic nitrogens is 2. The number of nitrogens with zero attached hydrogens (tertiary/aromatic N) is 4. The van der Waals surface area contributed by atoms with Crippen LogP contribution in [0.5, 0.6) is 0 Å². The van der Waals surface area contributed by atoms with Crippen molar-refractivity contribution in [3.63, 3.8) is 0 Å². The summed E-state index contributed by atoms with van der Waals surface area (Å²) in [7, 11) is 0. The molecule has 428 valence electrons. The smallest absolute Gasteiger partial charge is 0.160 e. The number of benzene rings is 10. The summed E-state index contributed by atoms with van der Waals surface area (Å²) in [6.07, 6.45) is 3.93. The van der Waals surface area contributed by atoms with Gasteiger partial charge in [0.1, 0.15) is 45.1 Å². The van der Waals surface area contributed by atoms with Crippen molar-refractivity contribution in [1.29, 1.82) is 0 Å². The highest BCUT2D eigenvalue weighted by Gasteiger charge is 2.56. The van der Waals surface area contributed by atoms with Gasteiger partial charge in [-0.2, -0.15) is 0 Å². The molecule has 0 aliphatic heterocycles. The van der Waals surface area contributed by atoms with Crippen LogP contribution in [0.1, 0.15) is 86.1 Å². The second-order valence-electron chi connectivity index (χ2n) is 26.6. The number of para-hydroxylation sites is 4. The van der Waals surface area contributed by atoms with E-state index in [1.54, 1.807) is 0 Å². The Labute approximate surface area is 513 Å². The van der Waals surface area contributed by atoms with Gasteiger partial charge >= 0.3 is 0 Å². The minimum Gasteiger partial charge on any atom is -0.456 e. The molecule has 16 aromatic rings. The summed E-state index contributed by atoms with van der Waals surface area (Å²) < 4.78 is 28.9. The van der Waals surface area contributed by atoms with E-state index in [2.05, 4.69) is 271 Å². The van der Waals surface area contributed by atoms with Crippen molar-refractivity contribution in [1.82, 2.24) is 9.97 Å². The Kier molecular flexibility index (Phi) is 10.5. The van der Waals surface area contributed by atoms with Crippen LogP contribution in [0.3, 0.4) is 0 Å². The molecule has 0 fully saturated rings. The quantitative estimate of drug-likeness (QED) is 0.163. The molecule has 18 rings (SSSR count). The van der Waals surface area contributed by atoms with E-state index in [-0.39, 0.29) is 10.8 Å². The highest BCUT2D eigenvalue weighted by molar-refractivity contribution is 6.30. The van der Waals surface area contributed by atoms with Crippen molar-refractivity contribution < 1.29 is 17.7 Å². The lowest BCUT2D eigenvalue weighted by Gasteiger charge is -2.33. The number of anilines is 6. The van der Waals surface area contributed by atoms with E-state index in [1.165, 1.54) is 11.1 Å². The van der Waals surface area contributed by atoms with Gasteiger partial charge in [-0.1, -0.05) is 163 Å². The molecule has 0 bridgehead atoms. The van der Waals surface area contributed by atoms with Gasteiger partial charge in [0.25, 0.3) is 0 Å². The number of hydrogen-bond donors (Lipinski definition) is 0. The zero-order valence-electron chi connectivity index (χ0n) is 50.7. The van der Waals surface area contributed by atoms with Crippen molar-refractivity contribution in [3.8, 4) is 22.3 Å². The molecule has 0 atom stereocenters. The lowest BCUT2D eigenvalue weighted by atomic mass is 9.70. The molecular formula is C81H60N4O4. The van der Waals surface area contributed by atoms with E-state index in [0.29, 0.717) is 0 Å². The van der Waals surface area contributed by atoms with Gasteiger partial charge in [-0.25, -0.2) is 9.97 Å². The van der Waals surface area contributed by atoms with Gasteiger partial charge in [-0.3, -0.25) is 9.80 Å². The first kappa shape index (κ1) is 51.5. The fourth-order valence-corrected chi connectivity index (χ4v) is 15.1. The van der Waals surface area contributed by atoms with Gasteiger partial charge in [0.05, 0.1) is 16.8 Å². The molecule has 89 heavy (non-hydrogen) atoms. The van der Waals surface area contributed by atoms with Crippen LogP contribution in [0.4, 0.5) is 34.4 Å². The SMILES string of the molecule is Cc1ccc(N(c2ccc(C(C)(C)C)cc2)c2cc3c(c4c2oc2ccccc24)-c2c(cc(N(c4ccc(C(C)(C)C)cc4)c4ccc(C)cn4)c4oc5ccccc5c24)C32c3ccc4oc5ccccc5c4c3-c3c2ccc2oc4ccccc4c32)nc1. The minimum absolute atomic E-state index is 0.0770. The summed E-state index contributed by atoms with van der Waals surface area (Å²) in [4.78, 5) is 15.2. The third-order valence-electron chi connectivity index (χ3n) is 19.2. The minimum atomic E-state index is -1.05. The van der Waals surface area contributed by atoms with Gasteiger partial charge in [0.15, 0.2) is 11.2 Å². The fraction of sp³-hybridized carbons (Fsp3) is 0.136. The van der Waals surface area contributed by atoms with E-state index in [1.807, 2.05) is 12.4 Å². The Bertz CT molecular complexity index is 5300. The van der Waals surface area contributed by atoms with Gasteiger partial charge in [-0.15, -0.1) is 0 Å². The van der Waals surface area contributed by atoms with Gasteiger partial charge in [-0.05, 0) is 176 Å². The maximum Gasteiger partial charge on any atom is 0.160 e. The maximum absolute atomic E-state index is 7.50. The van der Waals surface area contributed by atoms with Gasteiger partial charge in [0.2, 0.25) is 0 Å². The third kappa shape index (κ3) is 7.17. The molecule has 0 radical (unpaired) electrons. The van der Waals surface area contributed by atoms with E-state index < -0.39 is 5.41 Å². The number of aryl methyl sites for hydroxylation is 2. The van der Waals surface area contributed by atoms with Crippen LogP contribution < -0.4 is 9.80 Å². The highest BCUT2D eigenvalue weighted by Crippen LogP contribution is 2.70. The summed E-state index contributed by atoms with van der Waals surface area (Å²) >= 11 is 0. The lowest BCUT2D eigenvalue weighted by Crippen LogP contribution is -2.27. The zero-order chi connectivity index (χ0) is 60.0. The Morgan fingerprint density at radius 3 is 1.04 bits per heavy atom. The second kappa shape index (κ2) is 18.2. The number of pyridine rings is 2. The summed E-state index contributed by atoms with van der Waals surface area (Å²) in [6.45, 7) is 17.8. The average Bonchev–Trinajstić information content (AvgIpc) is 1.48. The molecule has 6 heterocycles. The molecule has 2 aliphatic rings. The second-order valence-corrected chi connectivity index (χ2v) is 26.6. The van der Waals surface area contributed by atoms with Gasteiger partial charge in [0, 0.05) is 66.9 Å². The molecular weight excluding hydrogens is 1090 g/mol. The largest absolute Gasteiger partial charge is 0.456 e. The monoisotopic (exact) mass is 1150 g/mol. The van der Waals surface area contributed by atoms with Crippen molar-refractivity contribution >= 4 is 122 Å². The Hall–Kier alpha value is -10.7. The average molecular weight is 1150 g/mol. The van der Waals surface area contributed by atoms with Crippen LogP contribution in [-0.4, -0.2) is 9.97 Å². The first-order valence-electron chi connectivity index (χ1n) is 30.8. The van der Waals surface area contributed by atoms with E-state index in [4.69, 9.17) is 27.6 Å². The zero-order valence-corrected chi connectivity index (χ0v) is 50.7. The summed E-state index contributed by atoms with van der Waals surface area (Å²) in [5.41, 5.74) is 22.2. The molecule has 10 aromatic carbocycles. The first-order chi connectivity index (χ1) is 43.2. The number of hydrogen-bond acceptors (Lipinski definition) is 8. The maximum atomic E-state index is 7.50. The van der Waals surface area contributed by atoms with E-state index in [9.17, 15) is 0 Å². The summed E-state index contributed by atoms with van der Waals surface area (Å²) in [5, 5.41) is 8.22. The third-order valence-corrected chi connectivity index (χ3v) is 19.2. The molecule has 0 saturated carbocycles. The molecule has 2 aliphatic carbocycles. The predicted octanol–water partition coefficient (Wildman–Crippen LogP) is 22.6. The van der Waals surface area contributed by atoms with Gasteiger partial charge < -0.3 is 17.7 Å². The Morgan fingerprint density at radius 2 is 0.685 bits per heavy atom. The Morgan fingerprint density at radius 1 is 0.337 bits per heavy atom. The van der Waals surface area contributed by atoms with Crippen molar-refractivity contribution in [2.24, 2.45) is 0 Å². The number of fused-ring (bicyclic) bond motifs is 26. The van der Waals surface area contributed by atoms with Crippen LogP contribution in [0.15, 0.2) is 236 Å². The van der Waals surface area contributed by atoms with E-state index >= 15 is 0 Å². The van der Waals surface area contributed by atoms with Crippen LogP contribution in [-0.2, 0) is 16.2 Å². The molecule has 8 heteroatoms. The van der Waals surface area contributed by atoms with Crippen LogP contribution >= 0.6 is 0 Å². The summed E-state index contributed by atoms with van der Waals surface area (Å²) in [5.74, 6) is 1.53. The number of rotatable bonds is 6. The molecule has 8 nitrogen and oxygen atoms in total. The first-order valence-corrected chi connectivity index (χ1v) is 30.8. The van der Waals surface area contributed by atoms with Crippen molar-refractivity contribution in [2.75, 3.05) is 9.80 Å². The molecule has 0 N–H and O–H groups in total. The normalized spacial score (nSPS) is 13.5. The molecule has 0 amide bonds.